The molecule has 0 saturated heterocycles. The summed E-state index contributed by atoms with van der Waals surface area (Å²) >= 11 is 0. The number of benzene rings is 6. The average molecular weight is 564 g/mol. The Bertz CT molecular complexity index is 2340. The predicted octanol–water partition coefficient (Wildman–Crippen LogP) is 10.1. The lowest BCUT2D eigenvalue weighted by atomic mass is 9.73. The van der Waals surface area contributed by atoms with Gasteiger partial charge >= 0.3 is 5.82 Å². The van der Waals surface area contributed by atoms with Gasteiger partial charge in [0, 0.05) is 21.9 Å². The molecule has 7 aromatic rings. The standard InChI is InChI=1S/C39H25N5/c1-39(2)31-12-6-8-14-34(31)44(35-15-9-7-13-32(35)39)26-19-16-24(17-20-26)25-18-21-29-30(22-25)27-10-4-5-11-28(27)37-36(29)42-33(23-40)38(41-3)43-37/h4-22H,1-2H3. The van der Waals surface area contributed by atoms with Crippen molar-refractivity contribution in [2.24, 2.45) is 0 Å². The van der Waals surface area contributed by atoms with E-state index in [-0.39, 0.29) is 16.9 Å². The van der Waals surface area contributed by atoms with E-state index in [0.717, 1.165) is 38.4 Å². The molecule has 1 aromatic heterocycles. The van der Waals surface area contributed by atoms with Crippen molar-refractivity contribution in [1.29, 1.82) is 5.26 Å². The molecule has 2 heterocycles. The van der Waals surface area contributed by atoms with Crippen molar-refractivity contribution in [2.75, 3.05) is 4.90 Å². The van der Waals surface area contributed by atoms with Crippen LogP contribution in [-0.4, -0.2) is 9.97 Å². The maximum absolute atomic E-state index is 9.64. The summed E-state index contributed by atoms with van der Waals surface area (Å²) in [5.41, 5.74) is 9.54. The number of rotatable bonds is 2. The number of fused-ring (bicyclic) bond motifs is 8. The van der Waals surface area contributed by atoms with Gasteiger partial charge in [-0.2, -0.15) is 5.26 Å². The molecule has 0 amide bonds. The number of hydrogen-bond acceptors (Lipinski definition) is 4. The molecule has 8 rings (SSSR count). The fourth-order valence-corrected chi connectivity index (χ4v) is 6.78. The second-order valence-electron chi connectivity index (χ2n) is 11.7. The Kier molecular flexibility index (Phi) is 5.53. The summed E-state index contributed by atoms with van der Waals surface area (Å²) < 4.78 is 0. The summed E-state index contributed by atoms with van der Waals surface area (Å²) in [5, 5.41) is 13.5. The monoisotopic (exact) mass is 563 g/mol. The van der Waals surface area contributed by atoms with Crippen LogP contribution in [0.1, 0.15) is 30.7 Å². The van der Waals surface area contributed by atoms with Crippen LogP contribution >= 0.6 is 0 Å². The molecule has 1 aliphatic heterocycles. The molecule has 0 radical (unpaired) electrons. The molecule has 44 heavy (non-hydrogen) atoms. The highest BCUT2D eigenvalue weighted by Gasteiger charge is 2.36. The topological polar surface area (TPSA) is 57.2 Å². The zero-order valence-electron chi connectivity index (χ0n) is 24.2. The van der Waals surface area contributed by atoms with Crippen molar-refractivity contribution >= 4 is 55.5 Å². The van der Waals surface area contributed by atoms with E-state index in [1.807, 2.05) is 24.3 Å². The Morgan fingerprint density at radius 3 is 1.89 bits per heavy atom. The minimum Gasteiger partial charge on any atom is -0.358 e. The molecule has 5 nitrogen and oxygen atoms in total. The van der Waals surface area contributed by atoms with Crippen LogP contribution < -0.4 is 4.90 Å². The molecule has 0 bridgehead atoms. The molecular formula is C39H25N5. The highest BCUT2D eigenvalue weighted by Crippen LogP contribution is 2.51. The molecule has 0 aliphatic carbocycles. The third-order valence-corrected chi connectivity index (χ3v) is 8.93. The van der Waals surface area contributed by atoms with E-state index in [2.05, 4.69) is 131 Å². The lowest BCUT2D eigenvalue weighted by molar-refractivity contribution is 0.632. The number of nitrogens with zero attached hydrogens (tertiary/aromatic N) is 5. The van der Waals surface area contributed by atoms with Gasteiger partial charge in [-0.1, -0.05) is 99.3 Å². The third-order valence-electron chi connectivity index (χ3n) is 8.93. The van der Waals surface area contributed by atoms with Gasteiger partial charge < -0.3 is 9.74 Å². The smallest absolute Gasteiger partial charge is 0.307 e. The molecule has 0 N–H and O–H groups in total. The maximum Gasteiger partial charge on any atom is 0.307 e. The minimum absolute atomic E-state index is 0.0312. The van der Waals surface area contributed by atoms with Crippen molar-refractivity contribution in [2.45, 2.75) is 19.3 Å². The van der Waals surface area contributed by atoms with Gasteiger partial charge in [0.2, 0.25) is 0 Å². The van der Waals surface area contributed by atoms with E-state index >= 15 is 0 Å². The van der Waals surface area contributed by atoms with Crippen LogP contribution in [0, 0.1) is 17.9 Å². The molecule has 0 fully saturated rings. The highest BCUT2D eigenvalue weighted by molar-refractivity contribution is 6.23. The summed E-state index contributed by atoms with van der Waals surface area (Å²) in [6, 6.07) is 42.6. The lowest BCUT2D eigenvalue weighted by Gasteiger charge is -2.42. The number of hydrogen-bond donors (Lipinski definition) is 0. The van der Waals surface area contributed by atoms with E-state index in [0.29, 0.717) is 11.0 Å². The molecule has 1 aliphatic rings. The second-order valence-corrected chi connectivity index (χ2v) is 11.7. The minimum atomic E-state index is -0.0996. The molecule has 0 saturated carbocycles. The molecule has 5 heteroatoms. The SMILES string of the molecule is [C-]#[N+]c1nc2c3ccccc3c3cc(-c4ccc(N5c6ccccc6C(C)(C)c6ccccc65)cc4)ccc3c2nc1C#N. The normalized spacial score (nSPS) is 13.3. The van der Waals surface area contributed by atoms with Crippen molar-refractivity contribution in [1.82, 2.24) is 9.97 Å². The molecule has 0 spiro atoms. The van der Waals surface area contributed by atoms with Gasteiger partial charge in [0.1, 0.15) is 11.6 Å². The molecule has 206 valence electrons. The fourth-order valence-electron chi connectivity index (χ4n) is 6.78. The van der Waals surface area contributed by atoms with Gasteiger partial charge in [-0.3, -0.25) is 0 Å². The van der Waals surface area contributed by atoms with Gasteiger partial charge in [-0.25, -0.2) is 4.98 Å². The van der Waals surface area contributed by atoms with Crippen LogP contribution in [0.2, 0.25) is 0 Å². The molecule has 0 unspecified atom stereocenters. The fraction of sp³-hybridized carbons (Fsp3) is 0.0769. The molecule has 0 atom stereocenters. The Morgan fingerprint density at radius 1 is 0.659 bits per heavy atom. The average Bonchev–Trinajstić information content (AvgIpc) is 3.08. The Balaban J connectivity index is 1.28. The summed E-state index contributed by atoms with van der Waals surface area (Å²) in [6.07, 6.45) is 0. The van der Waals surface area contributed by atoms with Gasteiger partial charge in [0.05, 0.1) is 11.4 Å². The van der Waals surface area contributed by atoms with Crippen LogP contribution in [0.5, 0.6) is 0 Å². The van der Waals surface area contributed by atoms with Crippen LogP contribution in [-0.2, 0) is 5.41 Å². The van der Waals surface area contributed by atoms with Crippen LogP contribution in [0.4, 0.5) is 22.9 Å². The first-order valence-electron chi connectivity index (χ1n) is 14.5. The van der Waals surface area contributed by atoms with E-state index in [1.54, 1.807) is 0 Å². The van der Waals surface area contributed by atoms with E-state index in [1.165, 1.54) is 22.5 Å². The van der Waals surface area contributed by atoms with Crippen LogP contribution in [0.25, 0.3) is 48.6 Å². The first kappa shape index (κ1) is 25.7. The highest BCUT2D eigenvalue weighted by atomic mass is 15.2. The van der Waals surface area contributed by atoms with Crippen molar-refractivity contribution in [3.05, 3.63) is 143 Å². The van der Waals surface area contributed by atoms with E-state index in [4.69, 9.17) is 6.57 Å². The number of para-hydroxylation sites is 2. The van der Waals surface area contributed by atoms with Crippen LogP contribution in [0.15, 0.2) is 115 Å². The first-order chi connectivity index (χ1) is 21.5. The Morgan fingerprint density at radius 2 is 1.23 bits per heavy atom. The largest absolute Gasteiger partial charge is 0.358 e. The van der Waals surface area contributed by atoms with Crippen molar-refractivity contribution in [3.8, 4) is 17.2 Å². The summed E-state index contributed by atoms with van der Waals surface area (Å²) in [7, 11) is 0. The summed E-state index contributed by atoms with van der Waals surface area (Å²) in [6.45, 7) is 12.1. The van der Waals surface area contributed by atoms with Crippen LogP contribution in [0.3, 0.4) is 0 Å². The Labute approximate surface area is 255 Å². The Hall–Kier alpha value is -6.04. The zero-order chi connectivity index (χ0) is 30.0. The van der Waals surface area contributed by atoms with Gasteiger partial charge in [0.25, 0.3) is 0 Å². The van der Waals surface area contributed by atoms with E-state index < -0.39 is 0 Å². The van der Waals surface area contributed by atoms with Crippen molar-refractivity contribution < 1.29 is 0 Å². The first-order valence-corrected chi connectivity index (χ1v) is 14.5. The zero-order valence-corrected chi connectivity index (χ0v) is 24.2. The summed E-state index contributed by atoms with van der Waals surface area (Å²) in [4.78, 5) is 15.0. The molecular weight excluding hydrogens is 538 g/mol. The second kappa shape index (κ2) is 9.49. The maximum atomic E-state index is 9.64. The summed E-state index contributed by atoms with van der Waals surface area (Å²) in [5.74, 6) is 0.0312. The predicted molar refractivity (Wildman–Crippen MR) is 178 cm³/mol. The quantitative estimate of drug-likeness (QED) is 0.155. The van der Waals surface area contributed by atoms with Crippen molar-refractivity contribution in [3.63, 3.8) is 0 Å². The third kappa shape index (κ3) is 3.63. The van der Waals surface area contributed by atoms with E-state index in [9.17, 15) is 5.26 Å². The number of anilines is 3. The molecule has 6 aromatic carbocycles. The van der Waals surface area contributed by atoms with Gasteiger partial charge in [-0.15, -0.1) is 4.98 Å². The number of aromatic nitrogens is 2. The van der Waals surface area contributed by atoms with Gasteiger partial charge in [0.15, 0.2) is 11.2 Å². The number of nitriles is 1. The lowest BCUT2D eigenvalue weighted by Crippen LogP contribution is -2.30. The van der Waals surface area contributed by atoms with Gasteiger partial charge in [-0.05, 0) is 69.4 Å².